The first-order chi connectivity index (χ1) is 16.5. The van der Waals surface area contributed by atoms with Crippen LogP contribution in [0.4, 0.5) is 11.6 Å². The number of likely N-dealkylation sites (tertiary alicyclic amines) is 1. The zero-order valence-corrected chi connectivity index (χ0v) is 20.5. The molecule has 1 aromatic heterocycles. The molecule has 0 unspecified atom stereocenters. The summed E-state index contributed by atoms with van der Waals surface area (Å²) < 4.78 is 0. The molecule has 0 aliphatic carbocycles. The van der Waals surface area contributed by atoms with Gasteiger partial charge in [0.1, 0.15) is 11.3 Å². The summed E-state index contributed by atoms with van der Waals surface area (Å²) >= 11 is 8.22. The molecule has 4 aromatic rings. The van der Waals surface area contributed by atoms with Crippen LogP contribution in [-0.2, 0) is 0 Å². The average Bonchev–Trinajstić information content (AvgIpc) is 3.35. The number of hydrogen-bond donors (Lipinski definition) is 2. The first kappa shape index (κ1) is 22.9. The molecule has 5 rings (SSSR count). The van der Waals surface area contributed by atoms with Crippen molar-refractivity contribution in [3.05, 3.63) is 65.2 Å². The zero-order chi connectivity index (χ0) is 23.5. The molecule has 1 saturated heterocycles. The fourth-order valence-corrected chi connectivity index (χ4v) is 5.44. The maximum Gasteiger partial charge on any atom is 0.247 e. The molecular weight excluding hydrogens is 466 g/mol. The number of aromatic nitrogens is 3. The third kappa shape index (κ3) is 5.27. The van der Waals surface area contributed by atoms with Crippen LogP contribution in [0.15, 0.2) is 59.5 Å². The van der Waals surface area contributed by atoms with Crippen LogP contribution in [0.3, 0.4) is 0 Å². The summed E-state index contributed by atoms with van der Waals surface area (Å²) in [6.45, 7) is 5.58. The number of hydrogen-bond acceptors (Lipinski definition) is 7. The van der Waals surface area contributed by atoms with E-state index in [1.54, 1.807) is 18.2 Å². The molecule has 8 heteroatoms. The van der Waals surface area contributed by atoms with E-state index in [-0.39, 0.29) is 5.75 Å². The first-order valence-electron chi connectivity index (χ1n) is 11.4. The lowest BCUT2D eigenvalue weighted by Gasteiger charge is -2.14. The zero-order valence-electron chi connectivity index (χ0n) is 19.0. The van der Waals surface area contributed by atoms with Crippen LogP contribution in [-0.4, -0.2) is 50.6 Å². The van der Waals surface area contributed by atoms with Gasteiger partial charge < -0.3 is 15.3 Å². The first-order valence-corrected chi connectivity index (χ1v) is 12.8. The molecule has 0 radical (unpaired) electrons. The van der Waals surface area contributed by atoms with Gasteiger partial charge in [-0.2, -0.15) is 0 Å². The maximum absolute atomic E-state index is 9.86. The van der Waals surface area contributed by atoms with Gasteiger partial charge in [-0.15, -0.1) is 22.0 Å². The van der Waals surface area contributed by atoms with Crippen molar-refractivity contribution in [2.75, 3.05) is 30.7 Å². The number of benzene rings is 3. The number of aryl methyl sites for hydroxylation is 1. The topological polar surface area (TPSA) is 74.2 Å². The Morgan fingerprint density at radius 1 is 1.06 bits per heavy atom. The van der Waals surface area contributed by atoms with E-state index in [0.717, 1.165) is 40.2 Å². The van der Waals surface area contributed by atoms with Crippen LogP contribution in [0.2, 0.25) is 5.02 Å². The molecule has 34 heavy (non-hydrogen) atoms. The van der Waals surface area contributed by atoms with E-state index in [1.165, 1.54) is 30.8 Å². The predicted octanol–water partition coefficient (Wildman–Crippen LogP) is 6.29. The van der Waals surface area contributed by atoms with E-state index in [2.05, 4.69) is 32.5 Å². The molecule has 3 aromatic carbocycles. The lowest BCUT2D eigenvalue weighted by atomic mass is 10.0. The van der Waals surface area contributed by atoms with Crippen LogP contribution in [0.25, 0.3) is 22.2 Å². The van der Waals surface area contributed by atoms with E-state index in [0.29, 0.717) is 16.5 Å². The third-order valence-electron chi connectivity index (χ3n) is 5.98. The Morgan fingerprint density at radius 3 is 2.76 bits per heavy atom. The molecule has 174 valence electrons. The summed E-state index contributed by atoms with van der Waals surface area (Å²) in [5.74, 6) is 1.71. The SMILES string of the molecule is Cc1cc(-c2cc(O)ccc2Cl)cc2nnc(Nc3cccc(SCCN4CCCC4)c3)nc12. The Balaban J connectivity index is 1.32. The van der Waals surface area contributed by atoms with Crippen molar-refractivity contribution in [1.29, 1.82) is 0 Å². The molecule has 0 saturated carbocycles. The molecular formula is C26H26ClN5OS. The Bertz CT molecular complexity index is 1330. The number of nitrogens with one attached hydrogen (secondary N) is 1. The summed E-state index contributed by atoms with van der Waals surface area (Å²) in [6.07, 6.45) is 2.66. The molecule has 0 atom stereocenters. The van der Waals surface area contributed by atoms with E-state index < -0.39 is 0 Å². The van der Waals surface area contributed by atoms with Crippen molar-refractivity contribution in [3.63, 3.8) is 0 Å². The Hall–Kier alpha value is -2.87. The molecule has 1 aliphatic rings. The number of phenolic OH excluding ortho intramolecular Hbond substituents is 1. The van der Waals surface area contributed by atoms with Crippen LogP contribution in [0.1, 0.15) is 18.4 Å². The number of phenols is 1. The molecule has 0 bridgehead atoms. The minimum Gasteiger partial charge on any atom is -0.508 e. The van der Waals surface area contributed by atoms with Crippen molar-refractivity contribution in [1.82, 2.24) is 20.1 Å². The number of thioether (sulfide) groups is 1. The van der Waals surface area contributed by atoms with E-state index in [9.17, 15) is 5.11 Å². The van der Waals surface area contributed by atoms with Crippen LogP contribution in [0, 0.1) is 6.92 Å². The normalized spacial score (nSPS) is 14.1. The standard InChI is InChI=1S/C26H26ClN5OS/c1-17-13-18(22-16-20(33)7-8-23(22)27)14-24-25(17)29-26(31-30-24)28-19-5-4-6-21(15-19)34-12-11-32-9-2-3-10-32/h4-8,13-16,33H,2-3,9-12H2,1H3,(H,28,29,31). The van der Waals surface area contributed by atoms with Crippen LogP contribution < -0.4 is 5.32 Å². The second-order valence-corrected chi connectivity index (χ2v) is 10.1. The molecule has 2 N–H and O–H groups in total. The summed E-state index contributed by atoms with van der Waals surface area (Å²) in [5.41, 5.74) is 4.94. The van der Waals surface area contributed by atoms with Gasteiger partial charge >= 0.3 is 0 Å². The van der Waals surface area contributed by atoms with E-state index in [1.807, 2.05) is 43.0 Å². The smallest absolute Gasteiger partial charge is 0.247 e. The quantitative estimate of drug-likeness (QED) is 0.294. The summed E-state index contributed by atoms with van der Waals surface area (Å²) in [4.78, 5) is 8.47. The average molecular weight is 492 g/mol. The lowest BCUT2D eigenvalue weighted by molar-refractivity contribution is 0.362. The summed E-state index contributed by atoms with van der Waals surface area (Å²) in [5, 5.41) is 22.4. The predicted molar refractivity (Wildman–Crippen MR) is 140 cm³/mol. The molecule has 6 nitrogen and oxygen atoms in total. The molecule has 1 fully saturated rings. The minimum atomic E-state index is 0.164. The van der Waals surface area contributed by atoms with Crippen molar-refractivity contribution in [2.45, 2.75) is 24.7 Å². The van der Waals surface area contributed by atoms with Gasteiger partial charge in [0.05, 0.1) is 5.52 Å². The number of anilines is 2. The summed E-state index contributed by atoms with van der Waals surface area (Å²) in [7, 11) is 0. The second kappa shape index (κ2) is 10.2. The van der Waals surface area contributed by atoms with Gasteiger partial charge in [-0.3, -0.25) is 0 Å². The highest BCUT2D eigenvalue weighted by molar-refractivity contribution is 7.99. The van der Waals surface area contributed by atoms with Gasteiger partial charge in [0.15, 0.2) is 0 Å². The van der Waals surface area contributed by atoms with E-state index in [4.69, 9.17) is 16.6 Å². The van der Waals surface area contributed by atoms with Crippen molar-refractivity contribution in [2.24, 2.45) is 0 Å². The van der Waals surface area contributed by atoms with Crippen molar-refractivity contribution < 1.29 is 5.11 Å². The van der Waals surface area contributed by atoms with Gasteiger partial charge in [-0.1, -0.05) is 17.7 Å². The molecule has 0 spiro atoms. The Kier molecular flexibility index (Phi) is 6.85. The number of fused-ring (bicyclic) bond motifs is 1. The number of nitrogens with zero attached hydrogens (tertiary/aromatic N) is 4. The van der Waals surface area contributed by atoms with Gasteiger partial charge in [0.2, 0.25) is 5.95 Å². The number of rotatable bonds is 7. The molecule has 2 heterocycles. The van der Waals surface area contributed by atoms with Gasteiger partial charge in [-0.25, -0.2) is 4.98 Å². The highest BCUT2D eigenvalue weighted by Gasteiger charge is 2.12. The fraction of sp³-hybridized carbons (Fsp3) is 0.269. The number of aromatic hydroxyl groups is 1. The van der Waals surface area contributed by atoms with Crippen LogP contribution >= 0.6 is 23.4 Å². The monoisotopic (exact) mass is 491 g/mol. The summed E-state index contributed by atoms with van der Waals surface area (Å²) in [6, 6.07) is 17.1. The van der Waals surface area contributed by atoms with Crippen LogP contribution in [0.5, 0.6) is 5.75 Å². The van der Waals surface area contributed by atoms with Gasteiger partial charge in [0, 0.05) is 33.5 Å². The Morgan fingerprint density at radius 2 is 1.91 bits per heavy atom. The second-order valence-electron chi connectivity index (χ2n) is 8.51. The maximum atomic E-state index is 9.86. The molecule has 0 amide bonds. The van der Waals surface area contributed by atoms with Crippen molar-refractivity contribution >= 4 is 46.0 Å². The third-order valence-corrected chi connectivity index (χ3v) is 7.28. The largest absolute Gasteiger partial charge is 0.508 e. The fourth-order valence-electron chi connectivity index (χ4n) is 4.25. The highest BCUT2D eigenvalue weighted by Crippen LogP contribution is 2.33. The minimum absolute atomic E-state index is 0.164. The van der Waals surface area contributed by atoms with Crippen molar-refractivity contribution in [3.8, 4) is 16.9 Å². The van der Waals surface area contributed by atoms with E-state index >= 15 is 0 Å². The lowest BCUT2D eigenvalue weighted by Crippen LogP contribution is -2.21. The van der Waals surface area contributed by atoms with Gasteiger partial charge in [0.25, 0.3) is 0 Å². The van der Waals surface area contributed by atoms with Gasteiger partial charge in [-0.05, 0) is 92.5 Å². The highest BCUT2D eigenvalue weighted by atomic mass is 35.5. The Labute approximate surface area is 208 Å². The molecule has 1 aliphatic heterocycles. The number of halogens is 1.